The van der Waals surface area contributed by atoms with E-state index in [1.165, 1.54) is 41.3 Å². The maximum absolute atomic E-state index is 13.7. The number of hydrogen-bond donors (Lipinski definition) is 1. The molecule has 4 nitrogen and oxygen atoms in total. The minimum absolute atomic E-state index is 0.0939. The fourth-order valence-corrected chi connectivity index (χ4v) is 4.37. The number of aliphatic imine (C=N–C) groups is 1. The maximum atomic E-state index is 13.7. The molecular weight excluding hydrogens is 446 g/mol. The molecule has 3 aromatic rings. The monoisotopic (exact) mass is 465 g/mol. The molecule has 0 bridgehead atoms. The molecule has 2 aliphatic heterocycles. The molecule has 172 valence electrons. The van der Waals surface area contributed by atoms with Crippen molar-refractivity contribution in [3.63, 3.8) is 0 Å². The van der Waals surface area contributed by atoms with Gasteiger partial charge in [0.15, 0.2) is 0 Å². The van der Waals surface area contributed by atoms with Gasteiger partial charge in [-0.3, -0.25) is 14.7 Å². The summed E-state index contributed by atoms with van der Waals surface area (Å²) in [5.41, 5.74) is 2.00. The topological polar surface area (TPSA) is 44.7 Å². The zero-order chi connectivity index (χ0) is 23.9. The van der Waals surface area contributed by atoms with Crippen LogP contribution in [0.25, 0.3) is 0 Å². The standard InChI is InChI=1S/C26H19F4N3O/c27-19-11-9-17(10-12-19)24-21-22(16-5-2-1-3-6-16)31-13-14-32-23(21)25(34)33(24)20-8-4-7-18(15-20)26(28,29)30/h1-12,15,24,32H,13-14H2/t24-/m0/s1. The Labute approximate surface area is 193 Å². The Morgan fingerprint density at radius 1 is 0.941 bits per heavy atom. The zero-order valence-corrected chi connectivity index (χ0v) is 17.8. The normalized spacial score (nSPS) is 18.4. The first-order valence-corrected chi connectivity index (χ1v) is 10.7. The highest BCUT2D eigenvalue weighted by Gasteiger charge is 2.44. The van der Waals surface area contributed by atoms with Crippen molar-refractivity contribution in [2.24, 2.45) is 4.99 Å². The maximum Gasteiger partial charge on any atom is 0.416 e. The van der Waals surface area contributed by atoms with Crippen LogP contribution < -0.4 is 10.2 Å². The van der Waals surface area contributed by atoms with Crippen molar-refractivity contribution in [2.75, 3.05) is 18.0 Å². The lowest BCUT2D eigenvalue weighted by molar-refractivity contribution is -0.137. The smallest absolute Gasteiger partial charge is 0.378 e. The zero-order valence-electron chi connectivity index (χ0n) is 17.8. The number of carbonyl (C=O) groups excluding carboxylic acids is 1. The van der Waals surface area contributed by atoms with Crippen molar-refractivity contribution >= 4 is 17.3 Å². The lowest BCUT2D eigenvalue weighted by atomic mass is 9.91. The second-order valence-electron chi connectivity index (χ2n) is 7.99. The highest BCUT2D eigenvalue weighted by atomic mass is 19.4. The van der Waals surface area contributed by atoms with Crippen LogP contribution in [0.4, 0.5) is 23.2 Å². The summed E-state index contributed by atoms with van der Waals surface area (Å²) in [4.78, 5) is 19.7. The van der Waals surface area contributed by atoms with Crippen molar-refractivity contribution < 1.29 is 22.4 Å². The predicted octanol–water partition coefficient (Wildman–Crippen LogP) is 5.28. The largest absolute Gasteiger partial charge is 0.416 e. The van der Waals surface area contributed by atoms with Crippen molar-refractivity contribution in [3.8, 4) is 0 Å². The molecule has 1 N–H and O–H groups in total. The number of rotatable bonds is 3. The lowest BCUT2D eigenvalue weighted by Gasteiger charge is -2.29. The number of amides is 1. The van der Waals surface area contributed by atoms with Crippen LogP contribution in [0.15, 0.2) is 95.1 Å². The number of carbonyl (C=O) groups is 1. The van der Waals surface area contributed by atoms with Crippen LogP contribution in [0.1, 0.15) is 22.7 Å². The minimum atomic E-state index is -4.57. The number of anilines is 1. The average Bonchev–Trinajstić information content (AvgIpc) is 2.97. The molecule has 0 spiro atoms. The van der Waals surface area contributed by atoms with Gasteiger partial charge in [-0.1, -0.05) is 48.5 Å². The summed E-state index contributed by atoms with van der Waals surface area (Å²) < 4.78 is 54.1. The van der Waals surface area contributed by atoms with Crippen molar-refractivity contribution in [1.82, 2.24) is 5.32 Å². The van der Waals surface area contributed by atoms with Gasteiger partial charge in [-0.2, -0.15) is 13.2 Å². The highest BCUT2D eigenvalue weighted by Crippen LogP contribution is 2.43. The number of halogens is 4. The Hall–Kier alpha value is -3.94. The molecule has 3 aromatic carbocycles. The third-order valence-electron chi connectivity index (χ3n) is 5.86. The van der Waals surface area contributed by atoms with E-state index < -0.39 is 29.5 Å². The predicted molar refractivity (Wildman–Crippen MR) is 121 cm³/mol. The van der Waals surface area contributed by atoms with E-state index in [0.717, 1.165) is 17.7 Å². The van der Waals surface area contributed by atoms with Crippen LogP contribution in [0.5, 0.6) is 0 Å². The number of benzene rings is 3. The summed E-state index contributed by atoms with van der Waals surface area (Å²) in [7, 11) is 0. The van der Waals surface area contributed by atoms with Crippen LogP contribution >= 0.6 is 0 Å². The molecule has 5 rings (SSSR count). The van der Waals surface area contributed by atoms with Gasteiger partial charge < -0.3 is 5.32 Å². The SMILES string of the molecule is O=C1C2=C(C(c3ccccc3)=NCCN2)[C@H](c2ccc(F)cc2)N1c1cccc(C(F)(F)F)c1. The molecule has 2 heterocycles. The third kappa shape index (κ3) is 3.85. The molecule has 8 heteroatoms. The average molecular weight is 465 g/mol. The molecule has 0 aliphatic carbocycles. The minimum Gasteiger partial charge on any atom is -0.378 e. The first-order valence-electron chi connectivity index (χ1n) is 10.7. The lowest BCUT2D eigenvalue weighted by Crippen LogP contribution is -2.34. The highest BCUT2D eigenvalue weighted by molar-refractivity contribution is 6.23. The van der Waals surface area contributed by atoms with Crippen LogP contribution in [0.2, 0.25) is 0 Å². The van der Waals surface area contributed by atoms with Gasteiger partial charge in [0.1, 0.15) is 11.5 Å². The van der Waals surface area contributed by atoms with Crippen LogP contribution in [-0.4, -0.2) is 24.7 Å². The van der Waals surface area contributed by atoms with E-state index in [1.807, 2.05) is 30.3 Å². The van der Waals surface area contributed by atoms with Gasteiger partial charge in [-0.15, -0.1) is 0 Å². The Bertz CT molecular complexity index is 1300. The van der Waals surface area contributed by atoms with Gasteiger partial charge >= 0.3 is 6.18 Å². The number of hydrogen-bond acceptors (Lipinski definition) is 3. The van der Waals surface area contributed by atoms with Gasteiger partial charge in [0.05, 0.1) is 23.9 Å². The second-order valence-corrected chi connectivity index (χ2v) is 7.99. The molecule has 34 heavy (non-hydrogen) atoms. The fourth-order valence-electron chi connectivity index (χ4n) is 4.37. The summed E-state index contributed by atoms with van der Waals surface area (Å²) >= 11 is 0. The van der Waals surface area contributed by atoms with Gasteiger partial charge in [0, 0.05) is 23.4 Å². The van der Waals surface area contributed by atoms with E-state index in [0.29, 0.717) is 29.9 Å². The van der Waals surface area contributed by atoms with Gasteiger partial charge in [-0.05, 0) is 35.9 Å². The molecule has 1 amide bonds. The van der Waals surface area contributed by atoms with E-state index in [1.54, 1.807) is 0 Å². The first-order chi connectivity index (χ1) is 16.3. The van der Waals surface area contributed by atoms with Crippen LogP contribution in [0, 0.1) is 5.82 Å². The number of alkyl halides is 3. The Kier molecular flexibility index (Phi) is 5.43. The molecule has 0 aromatic heterocycles. The van der Waals surface area contributed by atoms with Crippen LogP contribution in [0.3, 0.4) is 0 Å². The van der Waals surface area contributed by atoms with E-state index >= 15 is 0 Å². The van der Waals surface area contributed by atoms with Crippen molar-refractivity contribution in [3.05, 3.63) is 113 Å². The summed E-state index contributed by atoms with van der Waals surface area (Å²) in [5.74, 6) is -0.919. The van der Waals surface area contributed by atoms with E-state index in [-0.39, 0.29) is 11.4 Å². The van der Waals surface area contributed by atoms with Crippen LogP contribution in [-0.2, 0) is 11.0 Å². The summed E-state index contributed by atoms with van der Waals surface area (Å²) in [6.45, 7) is 0.817. The van der Waals surface area contributed by atoms with E-state index in [9.17, 15) is 22.4 Å². The molecule has 0 radical (unpaired) electrons. The number of nitrogens with zero attached hydrogens (tertiary/aromatic N) is 2. The Morgan fingerprint density at radius 3 is 2.38 bits per heavy atom. The quantitative estimate of drug-likeness (QED) is 0.535. The molecule has 0 unspecified atom stereocenters. The van der Waals surface area contributed by atoms with Gasteiger partial charge in [0.2, 0.25) is 0 Å². The van der Waals surface area contributed by atoms with E-state index in [2.05, 4.69) is 5.32 Å². The second kappa shape index (κ2) is 8.44. The molecule has 0 saturated heterocycles. The summed E-state index contributed by atoms with van der Waals surface area (Å²) in [6, 6.07) is 18.8. The molecular formula is C26H19F4N3O. The first kappa shape index (κ1) is 21.9. The van der Waals surface area contributed by atoms with Crippen molar-refractivity contribution in [1.29, 1.82) is 0 Å². The number of nitrogens with one attached hydrogen (secondary N) is 1. The third-order valence-corrected chi connectivity index (χ3v) is 5.86. The summed E-state index contributed by atoms with van der Waals surface area (Å²) in [6.07, 6.45) is -4.57. The molecule has 2 aliphatic rings. The summed E-state index contributed by atoms with van der Waals surface area (Å²) in [5, 5.41) is 3.13. The Balaban J connectivity index is 1.72. The van der Waals surface area contributed by atoms with Gasteiger partial charge in [-0.25, -0.2) is 4.39 Å². The van der Waals surface area contributed by atoms with Gasteiger partial charge in [0.25, 0.3) is 5.91 Å². The van der Waals surface area contributed by atoms with E-state index in [4.69, 9.17) is 4.99 Å². The Morgan fingerprint density at radius 2 is 1.68 bits per heavy atom. The van der Waals surface area contributed by atoms with Crippen molar-refractivity contribution in [2.45, 2.75) is 12.2 Å². The molecule has 1 atom stereocenters. The molecule has 0 fully saturated rings. The fraction of sp³-hybridized carbons (Fsp3) is 0.154. The molecule has 0 saturated carbocycles.